The van der Waals surface area contributed by atoms with E-state index in [-0.39, 0.29) is 6.61 Å². The molecule has 0 amide bonds. The van der Waals surface area contributed by atoms with E-state index in [4.69, 9.17) is 9.52 Å². The minimum Gasteiger partial charge on any atom is -0.468 e. The van der Waals surface area contributed by atoms with E-state index < -0.39 is 0 Å². The van der Waals surface area contributed by atoms with Gasteiger partial charge in [-0.3, -0.25) is 0 Å². The van der Waals surface area contributed by atoms with E-state index in [0.717, 1.165) is 22.8 Å². The molecular weight excluding hydrogens is 264 g/mol. The van der Waals surface area contributed by atoms with E-state index in [1.54, 1.807) is 17.6 Å². The number of rotatable bonds is 5. The molecule has 94 valence electrons. The molecule has 0 aliphatic rings. The predicted octanol–water partition coefficient (Wildman–Crippen LogP) is 3.51. The lowest BCUT2D eigenvalue weighted by Gasteiger charge is -1.95. The third kappa shape index (κ3) is 4.26. The number of thiophene rings is 1. The van der Waals surface area contributed by atoms with Crippen molar-refractivity contribution in [3.05, 3.63) is 46.0 Å². The van der Waals surface area contributed by atoms with Crippen LogP contribution in [0.25, 0.3) is 0 Å². The summed E-state index contributed by atoms with van der Waals surface area (Å²) in [5.74, 6) is 8.86. The van der Waals surface area contributed by atoms with Crippen molar-refractivity contribution >= 4 is 23.1 Å². The van der Waals surface area contributed by atoms with E-state index in [1.807, 2.05) is 23.9 Å². The van der Waals surface area contributed by atoms with Crippen LogP contribution in [-0.4, -0.2) is 11.7 Å². The monoisotopic (exact) mass is 278 g/mol. The summed E-state index contributed by atoms with van der Waals surface area (Å²) in [6.45, 7) is 0.128. The number of aliphatic hydroxyl groups is 1. The summed E-state index contributed by atoms with van der Waals surface area (Å²) in [4.78, 5) is 1.32. The van der Waals surface area contributed by atoms with Gasteiger partial charge in [-0.15, -0.1) is 23.1 Å². The van der Waals surface area contributed by atoms with Crippen LogP contribution in [0.2, 0.25) is 0 Å². The molecule has 18 heavy (non-hydrogen) atoms. The van der Waals surface area contributed by atoms with E-state index >= 15 is 0 Å². The van der Waals surface area contributed by atoms with Gasteiger partial charge in [0.15, 0.2) is 0 Å². The van der Waals surface area contributed by atoms with Crippen LogP contribution in [-0.2, 0) is 11.5 Å². The Bertz CT molecular complexity index is 517. The van der Waals surface area contributed by atoms with Crippen molar-refractivity contribution in [2.75, 3.05) is 6.61 Å². The zero-order valence-electron chi connectivity index (χ0n) is 9.89. The number of hydrogen-bond donors (Lipinski definition) is 1. The molecule has 2 aromatic heterocycles. The van der Waals surface area contributed by atoms with E-state index in [1.165, 1.54) is 4.88 Å². The molecular formula is C14H14O2S2. The predicted molar refractivity (Wildman–Crippen MR) is 76.6 cm³/mol. The third-order valence-electron chi connectivity index (χ3n) is 2.19. The van der Waals surface area contributed by atoms with Crippen LogP contribution in [0.4, 0.5) is 0 Å². The Morgan fingerprint density at radius 3 is 3.11 bits per heavy atom. The lowest BCUT2D eigenvalue weighted by molar-refractivity contribution is 0.305. The fraction of sp³-hybridized carbons (Fsp3) is 0.286. The van der Waals surface area contributed by atoms with Gasteiger partial charge in [-0.25, -0.2) is 0 Å². The molecule has 0 aliphatic heterocycles. The second-order valence-electron chi connectivity index (χ2n) is 3.65. The summed E-state index contributed by atoms with van der Waals surface area (Å²) in [6.07, 6.45) is 2.24. The van der Waals surface area contributed by atoms with Gasteiger partial charge in [-0.05, 0) is 18.2 Å². The van der Waals surface area contributed by atoms with Crippen LogP contribution in [0, 0.1) is 11.8 Å². The first-order valence-corrected chi connectivity index (χ1v) is 7.69. The summed E-state index contributed by atoms with van der Waals surface area (Å²) < 4.78 is 5.28. The van der Waals surface area contributed by atoms with Gasteiger partial charge in [0.2, 0.25) is 0 Å². The van der Waals surface area contributed by atoms with Crippen molar-refractivity contribution in [3.63, 3.8) is 0 Å². The Labute approximate surface area is 115 Å². The Balaban J connectivity index is 1.78. The van der Waals surface area contributed by atoms with E-state index in [2.05, 4.69) is 23.3 Å². The standard InChI is InChI=1S/C14H14O2S2/c15-6-2-1-4-12-8-14(18-9-12)11-17-10-13-5-3-7-16-13/h3,5,7-9,15H,2,6,10-11H2. The Morgan fingerprint density at radius 1 is 1.39 bits per heavy atom. The van der Waals surface area contributed by atoms with Gasteiger partial charge in [-0.2, -0.15) is 0 Å². The fourth-order valence-electron chi connectivity index (χ4n) is 1.39. The molecule has 0 fully saturated rings. The number of hydrogen-bond acceptors (Lipinski definition) is 4. The van der Waals surface area contributed by atoms with E-state index in [9.17, 15) is 0 Å². The van der Waals surface area contributed by atoms with Crippen LogP contribution in [0.3, 0.4) is 0 Å². The van der Waals surface area contributed by atoms with Crippen LogP contribution < -0.4 is 0 Å². The lowest BCUT2D eigenvalue weighted by Crippen LogP contribution is -1.77. The first-order chi connectivity index (χ1) is 8.88. The molecule has 0 saturated carbocycles. The largest absolute Gasteiger partial charge is 0.468 e. The summed E-state index contributed by atoms with van der Waals surface area (Å²) in [6, 6.07) is 6.02. The smallest absolute Gasteiger partial charge is 0.113 e. The maximum atomic E-state index is 8.64. The number of furan rings is 1. The Morgan fingerprint density at radius 2 is 2.33 bits per heavy atom. The normalized spacial score (nSPS) is 10.1. The third-order valence-corrected chi connectivity index (χ3v) is 4.32. The first-order valence-electron chi connectivity index (χ1n) is 5.66. The maximum Gasteiger partial charge on any atom is 0.113 e. The van der Waals surface area contributed by atoms with Crippen molar-refractivity contribution in [2.24, 2.45) is 0 Å². The molecule has 2 nitrogen and oxygen atoms in total. The highest BCUT2D eigenvalue weighted by atomic mass is 32.2. The molecule has 0 saturated heterocycles. The Kier molecular flexibility index (Phi) is 5.40. The molecule has 0 atom stereocenters. The minimum atomic E-state index is 0.128. The molecule has 2 rings (SSSR count). The Hall–Kier alpha value is -1.15. The number of aliphatic hydroxyl groups excluding tert-OH is 1. The number of thioether (sulfide) groups is 1. The van der Waals surface area contributed by atoms with Gasteiger partial charge in [0.25, 0.3) is 0 Å². The van der Waals surface area contributed by atoms with Crippen molar-refractivity contribution < 1.29 is 9.52 Å². The molecule has 0 aliphatic carbocycles. The average Bonchev–Trinajstić information content (AvgIpc) is 3.01. The van der Waals surface area contributed by atoms with Crippen molar-refractivity contribution in [1.29, 1.82) is 0 Å². The van der Waals surface area contributed by atoms with Crippen molar-refractivity contribution in [2.45, 2.75) is 17.9 Å². The fourth-order valence-corrected chi connectivity index (χ4v) is 3.26. The highest BCUT2D eigenvalue weighted by molar-refractivity contribution is 7.97. The van der Waals surface area contributed by atoms with Gasteiger partial charge in [0.05, 0.1) is 18.6 Å². The molecule has 0 bridgehead atoms. The molecule has 0 radical (unpaired) electrons. The zero-order valence-corrected chi connectivity index (χ0v) is 11.5. The lowest BCUT2D eigenvalue weighted by atomic mass is 10.3. The molecule has 0 aromatic carbocycles. The highest BCUT2D eigenvalue weighted by Crippen LogP contribution is 2.22. The molecule has 1 N–H and O–H groups in total. The SMILES string of the molecule is OCCC#Cc1csc(CSCc2ccco2)c1. The van der Waals surface area contributed by atoms with Crippen LogP contribution in [0.15, 0.2) is 34.3 Å². The quantitative estimate of drug-likeness (QED) is 0.850. The van der Waals surface area contributed by atoms with Crippen molar-refractivity contribution in [1.82, 2.24) is 0 Å². The highest BCUT2D eigenvalue weighted by Gasteiger charge is 2.00. The van der Waals surface area contributed by atoms with Gasteiger partial charge in [0.1, 0.15) is 5.76 Å². The molecule has 2 heterocycles. The van der Waals surface area contributed by atoms with Crippen LogP contribution >= 0.6 is 23.1 Å². The zero-order chi connectivity index (χ0) is 12.6. The van der Waals surface area contributed by atoms with Gasteiger partial charge >= 0.3 is 0 Å². The molecule has 2 aromatic rings. The second kappa shape index (κ2) is 7.32. The van der Waals surface area contributed by atoms with Gasteiger partial charge in [-0.1, -0.05) is 11.8 Å². The molecule has 0 spiro atoms. The topological polar surface area (TPSA) is 33.4 Å². The van der Waals surface area contributed by atoms with Gasteiger partial charge in [0, 0.05) is 28.0 Å². The summed E-state index contributed by atoms with van der Waals surface area (Å²) in [5, 5.41) is 10.7. The second-order valence-corrected chi connectivity index (χ2v) is 5.63. The summed E-state index contributed by atoms with van der Waals surface area (Å²) in [7, 11) is 0. The van der Waals surface area contributed by atoms with Gasteiger partial charge < -0.3 is 9.52 Å². The van der Waals surface area contributed by atoms with Crippen LogP contribution in [0.1, 0.15) is 22.6 Å². The van der Waals surface area contributed by atoms with Crippen molar-refractivity contribution in [3.8, 4) is 11.8 Å². The average molecular weight is 278 g/mol. The van der Waals surface area contributed by atoms with Crippen LogP contribution in [0.5, 0.6) is 0 Å². The minimum absolute atomic E-state index is 0.128. The molecule has 0 unspecified atom stereocenters. The maximum absolute atomic E-state index is 8.64. The first kappa shape index (κ1) is 13.3. The summed E-state index contributed by atoms with van der Waals surface area (Å²) >= 11 is 3.56. The summed E-state index contributed by atoms with van der Waals surface area (Å²) in [5.41, 5.74) is 1.04. The molecule has 4 heteroatoms. The van der Waals surface area contributed by atoms with E-state index in [0.29, 0.717) is 6.42 Å².